The fourth-order valence-corrected chi connectivity index (χ4v) is 4.10. The molecule has 1 aliphatic heterocycles. The van der Waals surface area contributed by atoms with Crippen molar-refractivity contribution in [2.45, 2.75) is 30.6 Å². The van der Waals surface area contributed by atoms with E-state index in [2.05, 4.69) is 15.1 Å². The molecule has 0 amide bonds. The van der Waals surface area contributed by atoms with Crippen molar-refractivity contribution in [2.24, 2.45) is 0 Å². The van der Waals surface area contributed by atoms with Gasteiger partial charge in [-0.05, 0) is 42.8 Å². The monoisotopic (exact) mass is 420 g/mol. The first kappa shape index (κ1) is 19.6. The molecule has 1 aliphatic rings. The minimum atomic E-state index is -4.34. The van der Waals surface area contributed by atoms with Crippen molar-refractivity contribution in [3.05, 3.63) is 59.7 Å². The number of thioether (sulfide) groups is 1. The highest BCUT2D eigenvalue weighted by molar-refractivity contribution is 7.98. The highest BCUT2D eigenvalue weighted by Crippen LogP contribution is 2.35. The first-order valence-corrected chi connectivity index (χ1v) is 10.2. The standard InChI is InChI=1S/C20H19F3N4OS/c1-2-28-17-8-6-16(7-9-17)26-10-11-27-18(26)24-25-19(27)29-13-14-4-3-5-15(12-14)20(21,22)23/h3-9,12H,2,10-11,13H2,1H3. The van der Waals surface area contributed by atoms with E-state index in [-0.39, 0.29) is 0 Å². The van der Waals surface area contributed by atoms with E-state index in [1.54, 1.807) is 6.07 Å². The van der Waals surface area contributed by atoms with Crippen molar-refractivity contribution in [2.75, 3.05) is 18.1 Å². The maximum atomic E-state index is 12.9. The Balaban J connectivity index is 1.47. The lowest BCUT2D eigenvalue weighted by Crippen LogP contribution is -2.14. The summed E-state index contributed by atoms with van der Waals surface area (Å²) in [4.78, 5) is 2.07. The van der Waals surface area contributed by atoms with Gasteiger partial charge in [-0.15, -0.1) is 10.2 Å². The molecule has 9 heteroatoms. The summed E-state index contributed by atoms with van der Waals surface area (Å²) in [6.07, 6.45) is -4.34. The van der Waals surface area contributed by atoms with Crippen LogP contribution in [0.25, 0.3) is 0 Å². The number of benzene rings is 2. The summed E-state index contributed by atoms with van der Waals surface area (Å²) >= 11 is 1.39. The van der Waals surface area contributed by atoms with E-state index in [0.717, 1.165) is 36.5 Å². The second-order valence-corrected chi connectivity index (χ2v) is 7.44. The number of alkyl halides is 3. The number of halogens is 3. The summed E-state index contributed by atoms with van der Waals surface area (Å²) in [6, 6.07) is 13.2. The fraction of sp³-hybridized carbons (Fsp3) is 0.300. The summed E-state index contributed by atoms with van der Waals surface area (Å²) in [5.74, 6) is 1.94. The van der Waals surface area contributed by atoms with Crippen molar-refractivity contribution >= 4 is 23.4 Å². The molecule has 0 fully saturated rings. The molecular formula is C20H19F3N4OS. The maximum absolute atomic E-state index is 12.9. The molecular weight excluding hydrogens is 401 g/mol. The third kappa shape index (κ3) is 4.19. The third-order valence-corrected chi connectivity index (χ3v) is 5.61. The summed E-state index contributed by atoms with van der Waals surface area (Å²) < 4.78 is 46.1. The van der Waals surface area contributed by atoms with Crippen LogP contribution in [0.4, 0.5) is 24.8 Å². The van der Waals surface area contributed by atoms with E-state index < -0.39 is 11.7 Å². The number of hydrogen-bond donors (Lipinski definition) is 0. The van der Waals surface area contributed by atoms with Gasteiger partial charge >= 0.3 is 6.18 Å². The molecule has 2 heterocycles. The number of nitrogens with zero attached hydrogens (tertiary/aromatic N) is 4. The minimum Gasteiger partial charge on any atom is -0.494 e. The van der Waals surface area contributed by atoms with Crippen LogP contribution in [0.5, 0.6) is 5.75 Å². The van der Waals surface area contributed by atoms with Gasteiger partial charge in [0.05, 0.1) is 12.2 Å². The summed E-state index contributed by atoms with van der Waals surface area (Å²) in [7, 11) is 0. The molecule has 0 bridgehead atoms. The Bertz CT molecular complexity index is 988. The Labute approximate surface area is 170 Å². The molecule has 0 saturated carbocycles. The summed E-state index contributed by atoms with van der Waals surface area (Å²) in [6.45, 7) is 4.04. The van der Waals surface area contributed by atoms with Crippen LogP contribution in [0.1, 0.15) is 18.1 Å². The quantitative estimate of drug-likeness (QED) is 0.517. The van der Waals surface area contributed by atoms with Gasteiger partial charge < -0.3 is 9.64 Å². The number of anilines is 2. The molecule has 0 radical (unpaired) electrons. The molecule has 5 nitrogen and oxygen atoms in total. The highest BCUT2D eigenvalue weighted by atomic mass is 32.2. The molecule has 152 valence electrons. The van der Waals surface area contributed by atoms with Crippen LogP contribution >= 0.6 is 11.8 Å². The van der Waals surface area contributed by atoms with E-state index in [1.807, 2.05) is 35.8 Å². The number of ether oxygens (including phenoxy) is 1. The minimum absolute atomic E-state index is 0.394. The topological polar surface area (TPSA) is 43.2 Å². The number of rotatable bonds is 6. The Morgan fingerprint density at radius 1 is 1.07 bits per heavy atom. The molecule has 0 spiro atoms. The lowest BCUT2D eigenvalue weighted by molar-refractivity contribution is -0.137. The van der Waals surface area contributed by atoms with E-state index in [4.69, 9.17) is 4.74 Å². The maximum Gasteiger partial charge on any atom is 0.416 e. The predicted octanol–water partition coefficient (Wildman–Crippen LogP) is 5.14. The number of fused-ring (bicyclic) bond motifs is 1. The largest absolute Gasteiger partial charge is 0.494 e. The first-order valence-electron chi connectivity index (χ1n) is 9.18. The smallest absolute Gasteiger partial charge is 0.416 e. The predicted molar refractivity (Wildman–Crippen MR) is 106 cm³/mol. The van der Waals surface area contributed by atoms with Crippen LogP contribution in [-0.4, -0.2) is 27.9 Å². The second-order valence-electron chi connectivity index (χ2n) is 6.50. The first-order chi connectivity index (χ1) is 14.0. The number of aromatic nitrogens is 3. The molecule has 0 aliphatic carbocycles. The number of hydrogen-bond acceptors (Lipinski definition) is 5. The molecule has 4 rings (SSSR count). The molecule has 2 aromatic carbocycles. The zero-order valence-electron chi connectivity index (χ0n) is 15.7. The van der Waals surface area contributed by atoms with Crippen molar-refractivity contribution in [1.29, 1.82) is 0 Å². The van der Waals surface area contributed by atoms with E-state index >= 15 is 0 Å². The average molecular weight is 420 g/mol. The molecule has 1 aromatic heterocycles. The summed E-state index contributed by atoms with van der Waals surface area (Å²) in [5.41, 5.74) is 0.960. The van der Waals surface area contributed by atoms with Gasteiger partial charge in [0, 0.05) is 24.5 Å². The Kier molecular flexibility index (Phi) is 5.40. The Morgan fingerprint density at radius 2 is 1.86 bits per heavy atom. The third-order valence-electron chi connectivity index (χ3n) is 4.57. The van der Waals surface area contributed by atoms with Gasteiger partial charge in [-0.25, -0.2) is 0 Å². The average Bonchev–Trinajstić information content (AvgIpc) is 3.29. The van der Waals surface area contributed by atoms with Crippen molar-refractivity contribution in [3.63, 3.8) is 0 Å². The van der Waals surface area contributed by atoms with Crippen molar-refractivity contribution in [1.82, 2.24) is 14.8 Å². The Hall–Kier alpha value is -2.68. The van der Waals surface area contributed by atoms with E-state index in [9.17, 15) is 13.2 Å². The van der Waals surface area contributed by atoms with Gasteiger partial charge in [0.2, 0.25) is 5.95 Å². The van der Waals surface area contributed by atoms with E-state index in [1.165, 1.54) is 23.9 Å². The van der Waals surface area contributed by atoms with E-state index in [0.29, 0.717) is 23.1 Å². The SMILES string of the molecule is CCOc1ccc(N2CCn3c(SCc4cccc(C(F)(F)F)c4)nnc32)cc1. The molecule has 3 aromatic rings. The van der Waals surface area contributed by atoms with Gasteiger partial charge in [-0.1, -0.05) is 30.0 Å². The van der Waals surface area contributed by atoms with Gasteiger partial charge in [0.25, 0.3) is 0 Å². The zero-order valence-corrected chi connectivity index (χ0v) is 16.5. The van der Waals surface area contributed by atoms with Crippen LogP contribution in [0, 0.1) is 0 Å². The molecule has 29 heavy (non-hydrogen) atoms. The van der Waals surface area contributed by atoms with Crippen LogP contribution in [-0.2, 0) is 18.5 Å². The van der Waals surface area contributed by atoms with Crippen LogP contribution in [0.3, 0.4) is 0 Å². The zero-order chi connectivity index (χ0) is 20.4. The second kappa shape index (κ2) is 7.98. The van der Waals surface area contributed by atoms with Crippen LogP contribution in [0.15, 0.2) is 53.7 Å². The van der Waals surface area contributed by atoms with Crippen LogP contribution < -0.4 is 9.64 Å². The normalized spacial score (nSPS) is 13.6. The summed E-state index contributed by atoms with van der Waals surface area (Å²) in [5, 5.41) is 9.22. The van der Waals surface area contributed by atoms with Crippen molar-refractivity contribution in [3.8, 4) is 5.75 Å². The van der Waals surface area contributed by atoms with Gasteiger partial charge in [0.1, 0.15) is 5.75 Å². The Morgan fingerprint density at radius 3 is 2.59 bits per heavy atom. The van der Waals surface area contributed by atoms with Gasteiger partial charge in [0.15, 0.2) is 5.16 Å². The highest BCUT2D eigenvalue weighted by Gasteiger charge is 2.30. The fourth-order valence-electron chi connectivity index (χ4n) is 3.20. The van der Waals surface area contributed by atoms with Crippen LogP contribution in [0.2, 0.25) is 0 Å². The molecule has 0 saturated heterocycles. The molecule has 0 unspecified atom stereocenters. The van der Waals surface area contributed by atoms with Gasteiger partial charge in [-0.3, -0.25) is 4.57 Å². The molecule has 0 N–H and O–H groups in total. The lowest BCUT2D eigenvalue weighted by atomic mass is 10.1. The van der Waals surface area contributed by atoms with Gasteiger partial charge in [-0.2, -0.15) is 13.2 Å². The molecule has 0 atom stereocenters. The lowest BCUT2D eigenvalue weighted by Gasteiger charge is -2.15. The van der Waals surface area contributed by atoms with Crippen molar-refractivity contribution < 1.29 is 17.9 Å².